The number of methoxy groups -OCH3 is 3. The average molecular weight is 377 g/mol. The predicted octanol–water partition coefficient (Wildman–Crippen LogP) is 2.96. The van der Waals surface area contributed by atoms with Gasteiger partial charge in [-0.1, -0.05) is 0 Å². The van der Waals surface area contributed by atoms with Gasteiger partial charge >= 0.3 is 0 Å². The SMILES string of the molecule is COc1ccc(-c2nc(Cn3cncn3)nc3cc(OC)c(OC)cc23)cc1. The van der Waals surface area contributed by atoms with Gasteiger partial charge in [-0.3, -0.25) is 0 Å². The zero-order valence-corrected chi connectivity index (χ0v) is 15.8. The van der Waals surface area contributed by atoms with E-state index in [1.807, 2.05) is 36.4 Å². The first-order valence-corrected chi connectivity index (χ1v) is 8.61. The molecule has 0 N–H and O–H groups in total. The lowest BCUT2D eigenvalue weighted by Gasteiger charge is -2.13. The maximum absolute atomic E-state index is 5.46. The first kappa shape index (κ1) is 17.7. The molecule has 0 aliphatic carbocycles. The van der Waals surface area contributed by atoms with Gasteiger partial charge in [-0.15, -0.1) is 0 Å². The van der Waals surface area contributed by atoms with Gasteiger partial charge in [-0.25, -0.2) is 19.6 Å². The Labute approximate surface area is 161 Å². The molecule has 0 bridgehead atoms. The van der Waals surface area contributed by atoms with Crippen molar-refractivity contribution in [1.29, 1.82) is 0 Å². The second-order valence-corrected chi connectivity index (χ2v) is 6.03. The minimum absolute atomic E-state index is 0.410. The molecule has 2 aromatic carbocycles. The van der Waals surface area contributed by atoms with Crippen LogP contribution in [0.15, 0.2) is 49.1 Å². The van der Waals surface area contributed by atoms with E-state index in [9.17, 15) is 0 Å². The summed E-state index contributed by atoms with van der Waals surface area (Å²) >= 11 is 0. The van der Waals surface area contributed by atoms with E-state index in [1.165, 1.54) is 6.33 Å². The lowest BCUT2D eigenvalue weighted by molar-refractivity contribution is 0.356. The van der Waals surface area contributed by atoms with Crippen molar-refractivity contribution < 1.29 is 14.2 Å². The Kier molecular flexibility index (Phi) is 4.76. The molecule has 0 spiro atoms. The summed E-state index contributed by atoms with van der Waals surface area (Å²) in [5, 5.41) is 5.01. The quantitative estimate of drug-likeness (QED) is 0.511. The molecule has 8 nitrogen and oxygen atoms in total. The summed E-state index contributed by atoms with van der Waals surface area (Å²) in [4.78, 5) is 13.5. The molecular formula is C20H19N5O3. The van der Waals surface area contributed by atoms with E-state index >= 15 is 0 Å². The molecule has 2 aromatic heterocycles. The van der Waals surface area contributed by atoms with Crippen molar-refractivity contribution >= 4 is 10.9 Å². The van der Waals surface area contributed by atoms with Crippen LogP contribution in [0.2, 0.25) is 0 Å². The van der Waals surface area contributed by atoms with Crippen LogP contribution in [0.1, 0.15) is 5.82 Å². The molecular weight excluding hydrogens is 358 g/mol. The Bertz CT molecular complexity index is 1100. The van der Waals surface area contributed by atoms with E-state index in [0.717, 1.165) is 27.9 Å². The highest BCUT2D eigenvalue weighted by Gasteiger charge is 2.15. The number of ether oxygens (including phenoxy) is 3. The van der Waals surface area contributed by atoms with E-state index in [2.05, 4.69) is 10.1 Å². The zero-order chi connectivity index (χ0) is 19.5. The molecule has 0 saturated heterocycles. The maximum atomic E-state index is 5.46. The molecule has 0 saturated carbocycles. The maximum Gasteiger partial charge on any atom is 0.162 e. The summed E-state index contributed by atoms with van der Waals surface area (Å²) in [6.45, 7) is 0.410. The fourth-order valence-electron chi connectivity index (χ4n) is 3.00. The van der Waals surface area contributed by atoms with Gasteiger partial charge < -0.3 is 14.2 Å². The van der Waals surface area contributed by atoms with Gasteiger partial charge in [0.2, 0.25) is 0 Å². The molecule has 142 valence electrons. The van der Waals surface area contributed by atoms with E-state index in [4.69, 9.17) is 24.2 Å². The monoisotopic (exact) mass is 377 g/mol. The molecule has 0 fully saturated rings. The second-order valence-electron chi connectivity index (χ2n) is 6.03. The summed E-state index contributed by atoms with van der Waals surface area (Å²) in [5.41, 5.74) is 2.50. The lowest BCUT2D eigenvalue weighted by atomic mass is 10.1. The molecule has 0 aliphatic heterocycles. The van der Waals surface area contributed by atoms with Crippen LogP contribution in [0.25, 0.3) is 22.2 Å². The van der Waals surface area contributed by atoms with Crippen LogP contribution in [-0.4, -0.2) is 46.1 Å². The van der Waals surface area contributed by atoms with Crippen LogP contribution in [-0.2, 0) is 6.54 Å². The number of hydrogen-bond acceptors (Lipinski definition) is 7. The van der Waals surface area contributed by atoms with E-state index in [0.29, 0.717) is 23.9 Å². The van der Waals surface area contributed by atoms with Crippen molar-refractivity contribution in [3.8, 4) is 28.5 Å². The van der Waals surface area contributed by atoms with Crippen molar-refractivity contribution in [3.63, 3.8) is 0 Å². The van der Waals surface area contributed by atoms with E-state index < -0.39 is 0 Å². The molecule has 0 amide bonds. The van der Waals surface area contributed by atoms with Crippen LogP contribution in [0.3, 0.4) is 0 Å². The first-order valence-electron chi connectivity index (χ1n) is 8.61. The standard InChI is InChI=1S/C20H19N5O3/c1-26-14-6-4-13(5-7-14)20-15-8-17(27-2)18(28-3)9-16(15)23-19(24-20)10-25-12-21-11-22-25/h4-9,11-12H,10H2,1-3H3. The van der Waals surface area contributed by atoms with Crippen molar-refractivity contribution in [2.24, 2.45) is 0 Å². The zero-order valence-electron chi connectivity index (χ0n) is 15.8. The van der Waals surface area contributed by atoms with Crippen LogP contribution in [0.4, 0.5) is 0 Å². The second kappa shape index (κ2) is 7.51. The van der Waals surface area contributed by atoms with Crippen LogP contribution < -0.4 is 14.2 Å². The highest BCUT2D eigenvalue weighted by molar-refractivity contribution is 5.94. The molecule has 0 atom stereocenters. The van der Waals surface area contributed by atoms with E-state index in [-0.39, 0.29) is 0 Å². The highest BCUT2D eigenvalue weighted by atomic mass is 16.5. The van der Waals surface area contributed by atoms with Gasteiger partial charge in [0.25, 0.3) is 0 Å². The van der Waals surface area contributed by atoms with Gasteiger partial charge in [-0.2, -0.15) is 5.10 Å². The number of hydrogen-bond donors (Lipinski definition) is 0. The number of rotatable bonds is 6. The predicted molar refractivity (Wildman–Crippen MR) is 104 cm³/mol. The smallest absolute Gasteiger partial charge is 0.162 e. The molecule has 4 aromatic rings. The van der Waals surface area contributed by atoms with Crippen LogP contribution in [0, 0.1) is 0 Å². The average Bonchev–Trinajstić information content (AvgIpc) is 3.25. The van der Waals surface area contributed by atoms with Crippen LogP contribution in [0.5, 0.6) is 17.2 Å². The summed E-state index contributed by atoms with van der Waals surface area (Å²) in [7, 11) is 4.85. The van der Waals surface area contributed by atoms with Gasteiger partial charge in [0.05, 0.1) is 32.5 Å². The Morgan fingerprint density at radius 1 is 0.893 bits per heavy atom. The summed E-state index contributed by atoms with van der Waals surface area (Å²) in [6, 6.07) is 11.5. The number of fused-ring (bicyclic) bond motifs is 1. The van der Waals surface area contributed by atoms with Gasteiger partial charge in [0.1, 0.15) is 24.9 Å². The molecule has 0 aliphatic rings. The van der Waals surface area contributed by atoms with Crippen LogP contribution >= 0.6 is 0 Å². The molecule has 4 rings (SSSR count). The number of aromatic nitrogens is 5. The Hall–Kier alpha value is -3.68. The fraction of sp³-hybridized carbons (Fsp3) is 0.200. The molecule has 0 unspecified atom stereocenters. The van der Waals surface area contributed by atoms with Gasteiger partial charge in [0, 0.05) is 17.0 Å². The van der Waals surface area contributed by atoms with Gasteiger partial charge in [0.15, 0.2) is 17.3 Å². The van der Waals surface area contributed by atoms with E-state index in [1.54, 1.807) is 32.3 Å². The topological polar surface area (TPSA) is 84.2 Å². The number of nitrogens with zero attached hydrogens (tertiary/aromatic N) is 5. The highest BCUT2D eigenvalue weighted by Crippen LogP contribution is 2.36. The Morgan fingerprint density at radius 2 is 1.64 bits per heavy atom. The van der Waals surface area contributed by atoms with Crippen molar-refractivity contribution in [3.05, 3.63) is 54.9 Å². The minimum Gasteiger partial charge on any atom is -0.497 e. The third-order valence-corrected chi connectivity index (χ3v) is 4.38. The molecule has 28 heavy (non-hydrogen) atoms. The van der Waals surface area contributed by atoms with Crippen molar-refractivity contribution in [1.82, 2.24) is 24.7 Å². The Balaban J connectivity index is 1.92. The van der Waals surface area contributed by atoms with Gasteiger partial charge in [-0.05, 0) is 30.3 Å². The molecule has 0 radical (unpaired) electrons. The normalized spacial score (nSPS) is 10.8. The largest absolute Gasteiger partial charge is 0.497 e. The summed E-state index contributed by atoms with van der Waals surface area (Å²) in [6.07, 6.45) is 3.12. The van der Waals surface area contributed by atoms with Crippen molar-refractivity contribution in [2.45, 2.75) is 6.54 Å². The lowest BCUT2D eigenvalue weighted by Crippen LogP contribution is -2.06. The van der Waals surface area contributed by atoms with Crippen molar-refractivity contribution in [2.75, 3.05) is 21.3 Å². The third-order valence-electron chi connectivity index (χ3n) is 4.38. The Morgan fingerprint density at radius 3 is 2.29 bits per heavy atom. The third kappa shape index (κ3) is 3.32. The summed E-state index contributed by atoms with van der Waals surface area (Å²) < 4.78 is 17.8. The molecule has 2 heterocycles. The fourth-order valence-corrected chi connectivity index (χ4v) is 3.00. The first-order chi connectivity index (χ1) is 13.7. The number of benzene rings is 2. The molecule has 8 heteroatoms. The summed E-state index contributed by atoms with van der Waals surface area (Å²) in [5.74, 6) is 2.64. The minimum atomic E-state index is 0.410.